The first kappa shape index (κ1) is 22.9. The van der Waals surface area contributed by atoms with Gasteiger partial charge in [0, 0.05) is 29.0 Å². The van der Waals surface area contributed by atoms with Gasteiger partial charge in [0.25, 0.3) is 0 Å². The maximum Gasteiger partial charge on any atom is 0.245 e. The largest absolute Gasteiger partial charge is 0.333 e. The van der Waals surface area contributed by atoms with Crippen LogP contribution in [0, 0.1) is 5.92 Å². The van der Waals surface area contributed by atoms with E-state index < -0.39 is 0 Å². The molecule has 1 N–H and O–H groups in total. The SMILES string of the molecule is CCCN(CC(=O)Nc1cc(C(C)(C)C)nn1-c1ccc(Cl)cc1)C(=O)C(C)C. The molecular formula is C22H31ClN4O2. The van der Waals surface area contributed by atoms with Crippen LogP contribution in [0.4, 0.5) is 5.82 Å². The molecule has 0 spiro atoms. The number of halogens is 1. The van der Waals surface area contributed by atoms with Gasteiger partial charge in [-0.1, -0.05) is 53.1 Å². The normalized spacial score (nSPS) is 11.6. The predicted octanol–water partition coefficient (Wildman–Crippen LogP) is 4.66. The molecular weight excluding hydrogens is 388 g/mol. The number of amides is 2. The number of hydrogen-bond donors (Lipinski definition) is 1. The summed E-state index contributed by atoms with van der Waals surface area (Å²) in [5.41, 5.74) is 1.47. The summed E-state index contributed by atoms with van der Waals surface area (Å²) in [5.74, 6) is 0.142. The highest BCUT2D eigenvalue weighted by atomic mass is 35.5. The Balaban J connectivity index is 2.30. The first-order chi connectivity index (χ1) is 13.5. The Morgan fingerprint density at radius 3 is 2.34 bits per heavy atom. The van der Waals surface area contributed by atoms with Crippen molar-refractivity contribution in [2.75, 3.05) is 18.4 Å². The second-order valence-corrected chi connectivity index (χ2v) is 8.95. The van der Waals surface area contributed by atoms with Gasteiger partial charge in [0.1, 0.15) is 5.82 Å². The van der Waals surface area contributed by atoms with E-state index >= 15 is 0 Å². The number of hydrogen-bond acceptors (Lipinski definition) is 3. The van der Waals surface area contributed by atoms with Crippen LogP contribution in [0.15, 0.2) is 30.3 Å². The molecule has 0 atom stereocenters. The monoisotopic (exact) mass is 418 g/mol. The molecule has 2 amide bonds. The Kier molecular flexibility index (Phi) is 7.47. The number of nitrogens with zero attached hydrogens (tertiary/aromatic N) is 3. The molecule has 0 saturated heterocycles. The number of aromatic nitrogens is 2. The second kappa shape index (κ2) is 9.44. The van der Waals surface area contributed by atoms with Gasteiger partial charge in [0.15, 0.2) is 0 Å². The van der Waals surface area contributed by atoms with Crippen LogP contribution in [0.1, 0.15) is 53.7 Å². The number of rotatable bonds is 7. The van der Waals surface area contributed by atoms with Crippen LogP contribution in [0.5, 0.6) is 0 Å². The lowest BCUT2D eigenvalue weighted by molar-refractivity contribution is -0.137. The number of benzene rings is 1. The van der Waals surface area contributed by atoms with E-state index in [1.807, 2.05) is 39.0 Å². The van der Waals surface area contributed by atoms with E-state index in [1.54, 1.807) is 21.7 Å². The third kappa shape index (κ3) is 6.07. The van der Waals surface area contributed by atoms with Crippen molar-refractivity contribution >= 4 is 29.2 Å². The van der Waals surface area contributed by atoms with Crippen LogP contribution in [0.3, 0.4) is 0 Å². The summed E-state index contributed by atoms with van der Waals surface area (Å²) in [6.07, 6.45) is 0.794. The van der Waals surface area contributed by atoms with Crippen LogP contribution >= 0.6 is 11.6 Å². The van der Waals surface area contributed by atoms with Gasteiger partial charge in [-0.05, 0) is 30.7 Å². The highest BCUT2D eigenvalue weighted by molar-refractivity contribution is 6.30. The fourth-order valence-electron chi connectivity index (χ4n) is 2.87. The van der Waals surface area contributed by atoms with Gasteiger partial charge in [-0.15, -0.1) is 0 Å². The van der Waals surface area contributed by atoms with Crippen LogP contribution in [0.25, 0.3) is 5.69 Å². The van der Waals surface area contributed by atoms with E-state index in [9.17, 15) is 9.59 Å². The molecule has 0 fully saturated rings. The summed E-state index contributed by atoms with van der Waals surface area (Å²) >= 11 is 6.01. The van der Waals surface area contributed by atoms with E-state index in [0.717, 1.165) is 17.8 Å². The van der Waals surface area contributed by atoms with Crippen LogP contribution in [-0.4, -0.2) is 39.6 Å². The molecule has 0 bridgehead atoms. The quantitative estimate of drug-likeness (QED) is 0.711. The van der Waals surface area contributed by atoms with Crippen molar-refractivity contribution in [2.24, 2.45) is 5.92 Å². The molecule has 0 aliphatic rings. The molecule has 6 nitrogen and oxygen atoms in total. The van der Waals surface area contributed by atoms with Gasteiger partial charge in [-0.2, -0.15) is 5.10 Å². The molecule has 1 aromatic heterocycles. The summed E-state index contributed by atoms with van der Waals surface area (Å²) in [6, 6.07) is 9.14. The average molecular weight is 419 g/mol. The van der Waals surface area contributed by atoms with Crippen LogP contribution in [0.2, 0.25) is 5.02 Å². The molecule has 0 saturated carbocycles. The molecule has 2 rings (SSSR count). The van der Waals surface area contributed by atoms with Crippen molar-refractivity contribution in [3.05, 3.63) is 41.0 Å². The zero-order valence-corrected chi connectivity index (χ0v) is 18.9. The predicted molar refractivity (Wildman–Crippen MR) is 118 cm³/mol. The molecule has 29 heavy (non-hydrogen) atoms. The van der Waals surface area contributed by atoms with Gasteiger partial charge < -0.3 is 10.2 Å². The van der Waals surface area contributed by atoms with E-state index in [4.69, 9.17) is 16.7 Å². The van der Waals surface area contributed by atoms with Crippen LogP contribution in [-0.2, 0) is 15.0 Å². The Morgan fingerprint density at radius 2 is 1.83 bits per heavy atom. The van der Waals surface area contributed by atoms with E-state index in [2.05, 4.69) is 26.1 Å². The molecule has 0 radical (unpaired) electrons. The first-order valence-corrected chi connectivity index (χ1v) is 10.4. The highest BCUT2D eigenvalue weighted by Gasteiger charge is 2.23. The van der Waals surface area contributed by atoms with Crippen molar-refractivity contribution in [2.45, 2.75) is 53.4 Å². The highest BCUT2D eigenvalue weighted by Crippen LogP contribution is 2.26. The molecule has 1 aromatic carbocycles. The van der Waals surface area contributed by atoms with E-state index in [0.29, 0.717) is 17.4 Å². The van der Waals surface area contributed by atoms with Gasteiger partial charge in [-0.25, -0.2) is 4.68 Å². The maximum absolute atomic E-state index is 12.8. The number of anilines is 1. The molecule has 7 heteroatoms. The zero-order chi connectivity index (χ0) is 21.8. The molecule has 0 unspecified atom stereocenters. The summed E-state index contributed by atoms with van der Waals surface area (Å²) in [5, 5.41) is 8.25. The number of carbonyl (C=O) groups excluding carboxylic acids is 2. The summed E-state index contributed by atoms with van der Waals surface area (Å²) in [6.45, 7) is 12.4. The second-order valence-electron chi connectivity index (χ2n) is 8.52. The van der Waals surface area contributed by atoms with Gasteiger partial charge in [0.05, 0.1) is 17.9 Å². The van der Waals surface area contributed by atoms with Crippen molar-refractivity contribution in [3.8, 4) is 5.69 Å². The Labute approximate surface area is 178 Å². The molecule has 0 aliphatic carbocycles. The summed E-state index contributed by atoms with van der Waals surface area (Å²) < 4.78 is 1.70. The van der Waals surface area contributed by atoms with E-state index in [1.165, 1.54) is 0 Å². The van der Waals surface area contributed by atoms with Crippen LogP contribution < -0.4 is 5.32 Å². The lowest BCUT2D eigenvalue weighted by Crippen LogP contribution is -2.40. The summed E-state index contributed by atoms with van der Waals surface area (Å²) in [7, 11) is 0. The van der Waals surface area contributed by atoms with E-state index in [-0.39, 0.29) is 29.7 Å². The van der Waals surface area contributed by atoms with Crippen molar-refractivity contribution in [1.29, 1.82) is 0 Å². The van der Waals surface area contributed by atoms with Gasteiger partial charge in [0.2, 0.25) is 11.8 Å². The smallest absolute Gasteiger partial charge is 0.245 e. The minimum absolute atomic E-state index is 0.0154. The third-order valence-electron chi connectivity index (χ3n) is 4.45. The minimum Gasteiger partial charge on any atom is -0.333 e. The lowest BCUT2D eigenvalue weighted by atomic mass is 9.92. The maximum atomic E-state index is 12.8. The molecule has 0 aliphatic heterocycles. The number of nitrogens with one attached hydrogen (secondary N) is 1. The zero-order valence-electron chi connectivity index (χ0n) is 18.1. The fraction of sp³-hybridized carbons (Fsp3) is 0.500. The molecule has 158 valence electrons. The first-order valence-electron chi connectivity index (χ1n) is 9.98. The average Bonchev–Trinajstić information content (AvgIpc) is 3.05. The molecule has 1 heterocycles. The van der Waals surface area contributed by atoms with Gasteiger partial charge in [-0.3, -0.25) is 9.59 Å². The van der Waals surface area contributed by atoms with Crippen molar-refractivity contribution in [3.63, 3.8) is 0 Å². The minimum atomic E-state index is -0.247. The Morgan fingerprint density at radius 1 is 1.21 bits per heavy atom. The standard InChI is InChI=1S/C22H31ClN4O2/c1-7-12-26(21(29)15(2)3)14-20(28)24-19-13-18(22(4,5)6)25-27(19)17-10-8-16(23)9-11-17/h8-11,13,15H,7,12,14H2,1-6H3,(H,24,28). The third-order valence-corrected chi connectivity index (χ3v) is 4.70. The van der Waals surface area contributed by atoms with Crippen molar-refractivity contribution in [1.82, 2.24) is 14.7 Å². The fourth-order valence-corrected chi connectivity index (χ4v) is 3.00. The lowest BCUT2D eigenvalue weighted by Gasteiger charge is -2.23. The number of carbonyl (C=O) groups is 2. The summed E-state index contributed by atoms with van der Waals surface area (Å²) in [4.78, 5) is 26.8. The molecule has 2 aromatic rings. The Bertz CT molecular complexity index is 851. The Hall–Kier alpha value is -2.34. The van der Waals surface area contributed by atoms with Gasteiger partial charge >= 0.3 is 0 Å². The topological polar surface area (TPSA) is 67.2 Å². The van der Waals surface area contributed by atoms with Crippen molar-refractivity contribution < 1.29 is 9.59 Å².